The van der Waals surface area contributed by atoms with Gasteiger partial charge in [-0.2, -0.15) is 0 Å². The maximum absolute atomic E-state index is 10.8. The van der Waals surface area contributed by atoms with Crippen molar-refractivity contribution < 1.29 is 9.90 Å². The third-order valence-corrected chi connectivity index (χ3v) is 2.71. The molecule has 0 heterocycles. The number of aliphatic carboxylic acids is 1. The molecular weight excluding hydrogens is 152 g/mol. The summed E-state index contributed by atoms with van der Waals surface area (Å²) >= 11 is 0. The number of hydrogen-bond acceptors (Lipinski definition) is 1. The first kappa shape index (κ1) is 9.30. The summed E-state index contributed by atoms with van der Waals surface area (Å²) in [5.74, 6) is -0.424. The smallest absolute Gasteiger partial charge is 0.307 e. The van der Waals surface area contributed by atoms with Crippen molar-refractivity contribution in [2.45, 2.75) is 32.1 Å². The van der Waals surface area contributed by atoms with Gasteiger partial charge >= 0.3 is 5.97 Å². The largest absolute Gasteiger partial charge is 0.481 e. The van der Waals surface area contributed by atoms with Crippen LogP contribution in [0.4, 0.5) is 0 Å². The second-order valence-corrected chi connectivity index (χ2v) is 3.51. The Morgan fingerprint density at radius 1 is 1.58 bits per heavy atom. The van der Waals surface area contributed by atoms with Crippen LogP contribution in [0.15, 0.2) is 12.7 Å². The van der Waals surface area contributed by atoms with Gasteiger partial charge in [-0.15, -0.1) is 6.58 Å². The molecule has 2 heteroatoms. The summed E-state index contributed by atoms with van der Waals surface area (Å²) in [6, 6.07) is 0. The van der Waals surface area contributed by atoms with Gasteiger partial charge in [-0.3, -0.25) is 4.79 Å². The molecule has 68 valence electrons. The fraction of sp³-hybridized carbons (Fsp3) is 0.700. The van der Waals surface area contributed by atoms with Crippen LogP contribution in [0, 0.1) is 11.8 Å². The minimum atomic E-state index is -0.651. The lowest BCUT2D eigenvalue weighted by Crippen LogP contribution is -2.20. The van der Waals surface area contributed by atoms with Gasteiger partial charge in [-0.05, 0) is 25.2 Å². The fourth-order valence-electron chi connectivity index (χ4n) is 2.03. The predicted octanol–water partition coefficient (Wildman–Crippen LogP) is 2.45. The van der Waals surface area contributed by atoms with Gasteiger partial charge in [-0.1, -0.05) is 18.9 Å². The molecule has 0 aliphatic heterocycles. The van der Waals surface area contributed by atoms with Gasteiger partial charge < -0.3 is 5.11 Å². The minimum Gasteiger partial charge on any atom is -0.481 e. The second kappa shape index (κ2) is 4.29. The van der Waals surface area contributed by atoms with Crippen molar-refractivity contribution in [2.24, 2.45) is 11.8 Å². The van der Waals surface area contributed by atoms with Crippen LogP contribution in [0.1, 0.15) is 32.1 Å². The van der Waals surface area contributed by atoms with Crippen LogP contribution in [0.5, 0.6) is 0 Å². The average Bonchev–Trinajstić information content (AvgIpc) is 2.51. The number of carbonyl (C=O) groups is 1. The first-order valence-electron chi connectivity index (χ1n) is 4.59. The first-order valence-corrected chi connectivity index (χ1v) is 4.59. The summed E-state index contributed by atoms with van der Waals surface area (Å²) < 4.78 is 0. The minimum absolute atomic E-state index is 0.176. The second-order valence-electron chi connectivity index (χ2n) is 3.51. The Balaban J connectivity index is 2.51. The summed E-state index contributed by atoms with van der Waals surface area (Å²) in [4.78, 5) is 10.8. The zero-order chi connectivity index (χ0) is 8.97. The number of rotatable bonds is 4. The van der Waals surface area contributed by atoms with E-state index < -0.39 is 5.97 Å². The Morgan fingerprint density at radius 2 is 2.17 bits per heavy atom. The van der Waals surface area contributed by atoms with E-state index in [1.54, 1.807) is 6.08 Å². The first-order chi connectivity index (χ1) is 5.75. The quantitative estimate of drug-likeness (QED) is 0.655. The van der Waals surface area contributed by atoms with E-state index in [0.717, 1.165) is 12.8 Å². The summed E-state index contributed by atoms with van der Waals surface area (Å²) in [5.41, 5.74) is 0. The highest BCUT2D eigenvalue weighted by atomic mass is 16.4. The molecule has 1 rings (SSSR count). The van der Waals surface area contributed by atoms with Crippen molar-refractivity contribution in [1.82, 2.24) is 0 Å². The van der Waals surface area contributed by atoms with Crippen molar-refractivity contribution in [2.75, 3.05) is 0 Å². The SMILES string of the molecule is C=CC[C@@H](C(=O)O)C1CCCC1. The molecule has 1 aliphatic rings. The molecule has 1 fully saturated rings. The summed E-state index contributed by atoms with van der Waals surface area (Å²) in [6.07, 6.45) is 6.92. The van der Waals surface area contributed by atoms with E-state index in [4.69, 9.17) is 5.11 Å². The topological polar surface area (TPSA) is 37.3 Å². The molecule has 0 aromatic carbocycles. The molecule has 0 saturated heterocycles. The van der Waals surface area contributed by atoms with Gasteiger partial charge in [0.15, 0.2) is 0 Å². The van der Waals surface area contributed by atoms with Crippen molar-refractivity contribution in [1.29, 1.82) is 0 Å². The molecule has 1 atom stereocenters. The maximum atomic E-state index is 10.8. The van der Waals surface area contributed by atoms with E-state index in [0.29, 0.717) is 12.3 Å². The standard InChI is InChI=1S/C10H16O2/c1-2-5-9(10(11)12)8-6-3-4-7-8/h2,8-9H,1,3-7H2,(H,11,12)/t9-/m1/s1. The van der Waals surface area contributed by atoms with Crippen molar-refractivity contribution >= 4 is 5.97 Å². The van der Waals surface area contributed by atoms with Crippen molar-refractivity contribution in [3.8, 4) is 0 Å². The van der Waals surface area contributed by atoms with Crippen LogP contribution in [0.3, 0.4) is 0 Å². The molecule has 0 aromatic rings. The fourth-order valence-corrected chi connectivity index (χ4v) is 2.03. The lowest BCUT2D eigenvalue weighted by molar-refractivity contribution is -0.143. The highest BCUT2D eigenvalue weighted by Gasteiger charge is 2.28. The summed E-state index contributed by atoms with van der Waals surface area (Å²) in [5, 5.41) is 8.92. The number of carboxylic acid groups (broad SMARTS) is 1. The van der Waals surface area contributed by atoms with E-state index in [9.17, 15) is 4.79 Å². The molecular formula is C10H16O2. The Bertz CT molecular complexity index is 169. The maximum Gasteiger partial charge on any atom is 0.307 e. The number of allylic oxidation sites excluding steroid dienone is 1. The third-order valence-electron chi connectivity index (χ3n) is 2.71. The van der Waals surface area contributed by atoms with Gasteiger partial charge in [0.25, 0.3) is 0 Å². The summed E-state index contributed by atoms with van der Waals surface area (Å²) in [7, 11) is 0. The van der Waals surface area contributed by atoms with E-state index >= 15 is 0 Å². The van der Waals surface area contributed by atoms with E-state index in [1.807, 2.05) is 0 Å². The van der Waals surface area contributed by atoms with Crippen LogP contribution in [-0.2, 0) is 4.79 Å². The van der Waals surface area contributed by atoms with Gasteiger partial charge in [-0.25, -0.2) is 0 Å². The third kappa shape index (κ3) is 2.10. The zero-order valence-electron chi connectivity index (χ0n) is 7.33. The Hall–Kier alpha value is -0.790. The molecule has 2 nitrogen and oxygen atoms in total. The lowest BCUT2D eigenvalue weighted by Gasteiger charge is -2.16. The monoisotopic (exact) mass is 168 g/mol. The van der Waals surface area contributed by atoms with Gasteiger partial charge in [0.2, 0.25) is 0 Å². The number of hydrogen-bond donors (Lipinski definition) is 1. The highest BCUT2D eigenvalue weighted by molar-refractivity contribution is 5.70. The molecule has 1 N–H and O–H groups in total. The lowest BCUT2D eigenvalue weighted by atomic mass is 9.88. The van der Waals surface area contributed by atoms with Crippen LogP contribution in [-0.4, -0.2) is 11.1 Å². The van der Waals surface area contributed by atoms with Crippen LogP contribution in [0.2, 0.25) is 0 Å². The molecule has 0 spiro atoms. The van der Waals surface area contributed by atoms with Crippen LogP contribution >= 0.6 is 0 Å². The predicted molar refractivity (Wildman–Crippen MR) is 47.9 cm³/mol. The Labute approximate surface area is 73.3 Å². The molecule has 12 heavy (non-hydrogen) atoms. The Kier molecular flexibility index (Phi) is 3.32. The van der Waals surface area contributed by atoms with E-state index in [1.165, 1.54) is 12.8 Å². The van der Waals surface area contributed by atoms with Crippen molar-refractivity contribution in [3.05, 3.63) is 12.7 Å². The van der Waals surface area contributed by atoms with Gasteiger partial charge in [0.1, 0.15) is 0 Å². The van der Waals surface area contributed by atoms with Gasteiger partial charge in [0, 0.05) is 0 Å². The molecule has 0 unspecified atom stereocenters. The number of carboxylic acids is 1. The molecule has 1 saturated carbocycles. The molecule has 0 amide bonds. The van der Waals surface area contributed by atoms with Crippen LogP contribution in [0.25, 0.3) is 0 Å². The average molecular weight is 168 g/mol. The Morgan fingerprint density at radius 3 is 2.58 bits per heavy atom. The highest BCUT2D eigenvalue weighted by Crippen LogP contribution is 2.33. The van der Waals surface area contributed by atoms with E-state index in [2.05, 4.69) is 6.58 Å². The summed E-state index contributed by atoms with van der Waals surface area (Å²) in [6.45, 7) is 3.59. The molecule has 1 aliphatic carbocycles. The van der Waals surface area contributed by atoms with Crippen molar-refractivity contribution in [3.63, 3.8) is 0 Å². The van der Waals surface area contributed by atoms with E-state index in [-0.39, 0.29) is 5.92 Å². The normalized spacial score (nSPS) is 20.7. The van der Waals surface area contributed by atoms with Gasteiger partial charge in [0.05, 0.1) is 5.92 Å². The van der Waals surface area contributed by atoms with Crippen LogP contribution < -0.4 is 0 Å². The molecule has 0 bridgehead atoms. The zero-order valence-corrected chi connectivity index (χ0v) is 7.33. The molecule has 0 aromatic heterocycles. The molecule has 0 radical (unpaired) electrons.